The molecule has 0 aliphatic heterocycles. The van der Waals surface area contributed by atoms with E-state index >= 15 is 0 Å². The summed E-state index contributed by atoms with van der Waals surface area (Å²) in [6.45, 7) is 0. The first-order valence-corrected chi connectivity index (χ1v) is 7.07. The molecule has 21 heavy (non-hydrogen) atoms. The number of rotatable bonds is 4. The Bertz CT molecular complexity index is 659. The van der Waals surface area contributed by atoms with Crippen LogP contribution in [0.15, 0.2) is 33.2 Å². The number of hydrogen-bond donors (Lipinski definition) is 2. The third-order valence-electron chi connectivity index (χ3n) is 2.11. The number of benzene rings is 1. The Kier molecular flexibility index (Phi) is 4.68. The van der Waals surface area contributed by atoms with Gasteiger partial charge in [0.2, 0.25) is 5.13 Å². The maximum absolute atomic E-state index is 12.3. The molecule has 112 valence electrons. The fourth-order valence-electron chi connectivity index (χ4n) is 1.35. The normalized spacial score (nSPS) is 11.8. The molecule has 0 saturated carbocycles. The number of nitrogens with one attached hydrogen (secondary N) is 1. The monoisotopic (exact) mass is 380 g/mol. The molecule has 0 saturated heterocycles. The van der Waals surface area contributed by atoms with E-state index in [1.807, 2.05) is 0 Å². The number of alkyl halides is 3. The van der Waals surface area contributed by atoms with Crippen LogP contribution in [0.2, 0.25) is 0 Å². The van der Waals surface area contributed by atoms with E-state index < -0.39 is 6.36 Å². The largest absolute Gasteiger partial charge is 0.573 e. The van der Waals surface area contributed by atoms with Gasteiger partial charge in [0.05, 0.1) is 11.8 Å². The lowest BCUT2D eigenvalue weighted by Gasteiger charge is -2.11. The molecule has 0 spiro atoms. The van der Waals surface area contributed by atoms with Gasteiger partial charge >= 0.3 is 6.36 Å². The first-order chi connectivity index (χ1) is 9.85. The van der Waals surface area contributed by atoms with Crippen LogP contribution >= 0.6 is 27.3 Å². The predicted octanol–water partition coefficient (Wildman–Crippen LogP) is 3.83. The number of nitrogens with zero attached hydrogens (tertiary/aromatic N) is 2. The minimum Gasteiger partial charge on any atom is -0.405 e. The van der Waals surface area contributed by atoms with Crippen molar-refractivity contribution in [3.8, 4) is 5.75 Å². The van der Waals surface area contributed by atoms with Gasteiger partial charge in [-0.3, -0.25) is 5.43 Å². The summed E-state index contributed by atoms with van der Waals surface area (Å²) in [5.41, 5.74) is 8.15. The standard InChI is InChI=1S/C11H8BrF3N4OS/c12-7-2-1-3-8(20-11(13,14)15)6(7)4-17-19-10-18-9(16)5-21-10/h1-5H,16H2,(H,18,19). The molecule has 3 N–H and O–H groups in total. The molecular formula is C11H8BrF3N4OS. The van der Waals surface area contributed by atoms with Crippen LogP contribution < -0.4 is 15.9 Å². The van der Waals surface area contributed by atoms with Crippen LogP contribution in [0.3, 0.4) is 0 Å². The lowest BCUT2D eigenvalue weighted by molar-refractivity contribution is -0.274. The summed E-state index contributed by atoms with van der Waals surface area (Å²) < 4.78 is 41.3. The molecule has 2 aromatic rings. The number of hydrazone groups is 1. The Morgan fingerprint density at radius 2 is 2.19 bits per heavy atom. The van der Waals surface area contributed by atoms with E-state index in [4.69, 9.17) is 5.73 Å². The fourth-order valence-corrected chi connectivity index (χ4v) is 2.34. The molecule has 0 fully saturated rings. The molecule has 1 aromatic carbocycles. The highest BCUT2D eigenvalue weighted by atomic mass is 79.9. The molecule has 0 bridgehead atoms. The molecule has 1 heterocycles. The van der Waals surface area contributed by atoms with E-state index in [0.29, 0.717) is 15.4 Å². The van der Waals surface area contributed by atoms with Gasteiger partial charge in [-0.2, -0.15) is 5.10 Å². The second-order valence-corrected chi connectivity index (χ2v) is 5.36. The predicted molar refractivity (Wildman–Crippen MR) is 78.6 cm³/mol. The summed E-state index contributed by atoms with van der Waals surface area (Å²) in [4.78, 5) is 3.89. The van der Waals surface area contributed by atoms with Crippen LogP contribution in [0.1, 0.15) is 5.56 Å². The van der Waals surface area contributed by atoms with Crippen LogP contribution in [0.25, 0.3) is 0 Å². The number of nitrogens with two attached hydrogens (primary N) is 1. The average molecular weight is 381 g/mol. The van der Waals surface area contributed by atoms with Crippen molar-refractivity contribution < 1.29 is 17.9 Å². The van der Waals surface area contributed by atoms with Gasteiger partial charge < -0.3 is 10.5 Å². The molecule has 2 rings (SSSR count). The zero-order valence-electron chi connectivity index (χ0n) is 10.2. The number of halogens is 4. The highest BCUT2D eigenvalue weighted by Crippen LogP contribution is 2.30. The quantitative estimate of drug-likeness (QED) is 0.624. The van der Waals surface area contributed by atoms with Gasteiger partial charge in [-0.05, 0) is 28.1 Å². The lowest BCUT2D eigenvalue weighted by atomic mass is 10.2. The third kappa shape index (κ3) is 4.60. The average Bonchev–Trinajstić information content (AvgIpc) is 2.77. The molecule has 5 nitrogen and oxygen atoms in total. The van der Waals surface area contributed by atoms with Gasteiger partial charge in [-0.25, -0.2) is 4.98 Å². The molecule has 0 atom stereocenters. The molecule has 1 aromatic heterocycles. The number of anilines is 2. The molecule has 0 aliphatic rings. The summed E-state index contributed by atoms with van der Waals surface area (Å²) in [5.74, 6) is -0.0271. The van der Waals surface area contributed by atoms with Crippen LogP contribution in [0, 0.1) is 0 Å². The lowest BCUT2D eigenvalue weighted by Crippen LogP contribution is -2.18. The summed E-state index contributed by atoms with van der Waals surface area (Å²) in [6, 6.07) is 4.20. The molecule has 0 radical (unpaired) electrons. The second-order valence-electron chi connectivity index (χ2n) is 3.65. The van der Waals surface area contributed by atoms with E-state index in [2.05, 4.69) is 36.2 Å². The van der Waals surface area contributed by atoms with Gasteiger partial charge in [-0.1, -0.05) is 6.07 Å². The summed E-state index contributed by atoms with van der Waals surface area (Å²) in [6.07, 6.45) is -3.58. The van der Waals surface area contributed by atoms with Crippen molar-refractivity contribution in [3.63, 3.8) is 0 Å². The minimum absolute atomic E-state index is 0.145. The van der Waals surface area contributed by atoms with E-state index in [-0.39, 0.29) is 11.3 Å². The van der Waals surface area contributed by atoms with Crippen LogP contribution in [-0.4, -0.2) is 17.6 Å². The van der Waals surface area contributed by atoms with Crippen LogP contribution in [0.5, 0.6) is 5.75 Å². The highest BCUT2D eigenvalue weighted by Gasteiger charge is 2.32. The SMILES string of the molecule is Nc1csc(NN=Cc2c(Br)cccc2OC(F)(F)F)n1. The van der Waals surface area contributed by atoms with Crippen molar-refractivity contribution in [3.05, 3.63) is 33.6 Å². The summed E-state index contributed by atoms with van der Waals surface area (Å²) >= 11 is 4.36. The van der Waals surface area contributed by atoms with E-state index in [0.717, 1.165) is 0 Å². The molecular weight excluding hydrogens is 373 g/mol. The van der Waals surface area contributed by atoms with Gasteiger partial charge in [0.15, 0.2) is 0 Å². The van der Waals surface area contributed by atoms with Crippen molar-refractivity contribution in [1.82, 2.24) is 4.98 Å². The number of hydrogen-bond acceptors (Lipinski definition) is 6. The Balaban J connectivity index is 2.18. The number of ether oxygens (including phenoxy) is 1. The number of aromatic nitrogens is 1. The van der Waals surface area contributed by atoms with Crippen LogP contribution in [0.4, 0.5) is 24.1 Å². The van der Waals surface area contributed by atoms with Crippen LogP contribution in [-0.2, 0) is 0 Å². The zero-order chi connectivity index (χ0) is 15.5. The van der Waals surface area contributed by atoms with E-state index in [9.17, 15) is 13.2 Å². The smallest absolute Gasteiger partial charge is 0.405 e. The van der Waals surface area contributed by atoms with Crippen molar-refractivity contribution >= 4 is 44.4 Å². The fraction of sp³-hybridized carbons (Fsp3) is 0.0909. The molecule has 10 heteroatoms. The minimum atomic E-state index is -4.78. The molecule has 0 unspecified atom stereocenters. The summed E-state index contributed by atoms with van der Waals surface area (Å²) in [7, 11) is 0. The topological polar surface area (TPSA) is 72.5 Å². The first kappa shape index (κ1) is 15.6. The zero-order valence-corrected chi connectivity index (χ0v) is 12.6. The maximum Gasteiger partial charge on any atom is 0.573 e. The van der Waals surface area contributed by atoms with Gasteiger partial charge in [0.1, 0.15) is 11.6 Å². The first-order valence-electron chi connectivity index (χ1n) is 5.39. The number of thiazole rings is 1. The number of nitrogen functional groups attached to an aromatic ring is 1. The second kappa shape index (κ2) is 6.31. The Labute approximate surface area is 129 Å². The Morgan fingerprint density at radius 3 is 2.81 bits per heavy atom. The van der Waals surface area contributed by atoms with E-state index in [1.54, 1.807) is 11.4 Å². The summed E-state index contributed by atoms with van der Waals surface area (Å²) in [5, 5.41) is 5.85. The molecule has 0 aliphatic carbocycles. The molecule has 0 amide bonds. The van der Waals surface area contributed by atoms with Crippen molar-refractivity contribution in [2.75, 3.05) is 11.2 Å². The van der Waals surface area contributed by atoms with Crippen molar-refractivity contribution in [1.29, 1.82) is 0 Å². The Hall–Kier alpha value is -1.81. The highest BCUT2D eigenvalue weighted by molar-refractivity contribution is 9.10. The third-order valence-corrected chi connectivity index (χ3v) is 3.57. The Morgan fingerprint density at radius 1 is 1.43 bits per heavy atom. The van der Waals surface area contributed by atoms with Gasteiger partial charge in [0.25, 0.3) is 0 Å². The van der Waals surface area contributed by atoms with Crippen molar-refractivity contribution in [2.24, 2.45) is 5.10 Å². The van der Waals surface area contributed by atoms with Gasteiger partial charge in [0, 0.05) is 9.85 Å². The maximum atomic E-state index is 12.3. The van der Waals surface area contributed by atoms with Crippen molar-refractivity contribution in [2.45, 2.75) is 6.36 Å². The van der Waals surface area contributed by atoms with Gasteiger partial charge in [-0.15, -0.1) is 24.5 Å². The van der Waals surface area contributed by atoms with E-state index in [1.165, 1.54) is 29.7 Å².